The van der Waals surface area contributed by atoms with Crippen molar-refractivity contribution in [2.45, 2.75) is 5.88 Å². The third kappa shape index (κ3) is 1.97. The highest BCUT2D eigenvalue weighted by Crippen LogP contribution is 2.26. The normalized spacial score (nSPS) is 10.3. The van der Waals surface area contributed by atoms with Gasteiger partial charge in [0.25, 0.3) is 0 Å². The minimum Gasteiger partial charge on any atom is -0.497 e. The average molecular weight is 224 g/mol. The van der Waals surface area contributed by atoms with Crippen molar-refractivity contribution >= 4 is 11.6 Å². The van der Waals surface area contributed by atoms with Crippen molar-refractivity contribution in [3.05, 3.63) is 36.0 Å². The molecule has 1 aromatic heterocycles. The van der Waals surface area contributed by atoms with Crippen LogP contribution < -0.4 is 4.74 Å². The van der Waals surface area contributed by atoms with E-state index >= 15 is 0 Å². The fourth-order valence-corrected chi connectivity index (χ4v) is 1.53. The number of benzene rings is 1. The Balaban J connectivity index is 2.37. The van der Waals surface area contributed by atoms with Crippen molar-refractivity contribution in [1.82, 2.24) is 5.16 Å². The Kier molecular flexibility index (Phi) is 2.92. The van der Waals surface area contributed by atoms with Gasteiger partial charge in [0.15, 0.2) is 5.76 Å². The van der Waals surface area contributed by atoms with Crippen LogP contribution in [0.4, 0.5) is 0 Å². The van der Waals surface area contributed by atoms with Gasteiger partial charge in [-0.2, -0.15) is 0 Å². The zero-order valence-corrected chi connectivity index (χ0v) is 8.99. The lowest BCUT2D eigenvalue weighted by Crippen LogP contribution is -1.83. The third-order valence-corrected chi connectivity index (χ3v) is 2.43. The van der Waals surface area contributed by atoms with Gasteiger partial charge in [-0.15, -0.1) is 11.6 Å². The summed E-state index contributed by atoms with van der Waals surface area (Å²) in [4.78, 5) is 0. The van der Waals surface area contributed by atoms with Crippen LogP contribution in [0.5, 0.6) is 5.75 Å². The topological polar surface area (TPSA) is 35.3 Å². The SMILES string of the molecule is COc1ccc(-c2oncc2CCl)cc1. The summed E-state index contributed by atoms with van der Waals surface area (Å²) in [7, 11) is 1.63. The second-order valence-corrected chi connectivity index (χ2v) is 3.31. The predicted octanol–water partition coefficient (Wildman–Crippen LogP) is 3.09. The van der Waals surface area contributed by atoms with Crippen molar-refractivity contribution in [1.29, 1.82) is 0 Å². The molecule has 0 bridgehead atoms. The standard InChI is InChI=1S/C11H10ClNO2/c1-14-10-4-2-8(3-5-10)11-9(6-12)7-13-15-11/h2-5,7H,6H2,1H3. The summed E-state index contributed by atoms with van der Waals surface area (Å²) in [6.07, 6.45) is 1.63. The van der Waals surface area contributed by atoms with Crippen LogP contribution in [0.15, 0.2) is 35.0 Å². The van der Waals surface area contributed by atoms with Gasteiger partial charge in [-0.1, -0.05) is 5.16 Å². The summed E-state index contributed by atoms with van der Waals surface area (Å²) in [5.74, 6) is 1.92. The molecule has 0 saturated carbocycles. The van der Waals surface area contributed by atoms with Gasteiger partial charge in [0, 0.05) is 11.1 Å². The minimum absolute atomic E-state index is 0.394. The number of rotatable bonds is 3. The van der Waals surface area contributed by atoms with E-state index in [4.69, 9.17) is 20.9 Å². The van der Waals surface area contributed by atoms with E-state index in [0.29, 0.717) is 11.6 Å². The Hall–Kier alpha value is -1.48. The third-order valence-electron chi connectivity index (χ3n) is 2.14. The van der Waals surface area contributed by atoms with Crippen LogP contribution in [-0.2, 0) is 5.88 Å². The highest BCUT2D eigenvalue weighted by Gasteiger charge is 2.09. The molecule has 2 rings (SSSR count). The molecule has 0 saturated heterocycles. The first kappa shape index (κ1) is 10.1. The molecular weight excluding hydrogens is 214 g/mol. The monoisotopic (exact) mass is 223 g/mol. The van der Waals surface area contributed by atoms with Gasteiger partial charge in [-0.05, 0) is 24.3 Å². The summed E-state index contributed by atoms with van der Waals surface area (Å²) >= 11 is 5.76. The van der Waals surface area contributed by atoms with Crippen LogP contribution >= 0.6 is 11.6 Å². The van der Waals surface area contributed by atoms with Gasteiger partial charge in [0.05, 0.1) is 19.2 Å². The van der Waals surface area contributed by atoms with E-state index in [9.17, 15) is 0 Å². The van der Waals surface area contributed by atoms with Crippen LogP contribution in [0.1, 0.15) is 5.56 Å². The molecule has 0 amide bonds. The summed E-state index contributed by atoms with van der Waals surface area (Å²) in [6, 6.07) is 7.57. The maximum Gasteiger partial charge on any atom is 0.171 e. The van der Waals surface area contributed by atoms with Crippen molar-refractivity contribution in [2.24, 2.45) is 0 Å². The van der Waals surface area contributed by atoms with Gasteiger partial charge in [-0.25, -0.2) is 0 Å². The molecule has 78 valence electrons. The van der Waals surface area contributed by atoms with Crippen LogP contribution in [-0.4, -0.2) is 12.3 Å². The number of aromatic nitrogens is 1. The predicted molar refractivity (Wildman–Crippen MR) is 58.0 cm³/mol. The highest BCUT2D eigenvalue weighted by molar-refractivity contribution is 6.17. The molecule has 3 nitrogen and oxygen atoms in total. The molecular formula is C11H10ClNO2. The number of hydrogen-bond donors (Lipinski definition) is 0. The molecule has 0 aliphatic rings. The number of ether oxygens (including phenoxy) is 1. The van der Waals surface area contributed by atoms with Crippen molar-refractivity contribution in [3.8, 4) is 17.1 Å². The number of halogens is 1. The van der Waals surface area contributed by atoms with Gasteiger partial charge < -0.3 is 9.26 Å². The van der Waals surface area contributed by atoms with Crippen molar-refractivity contribution in [3.63, 3.8) is 0 Å². The minimum atomic E-state index is 0.394. The van der Waals surface area contributed by atoms with Crippen molar-refractivity contribution < 1.29 is 9.26 Å². The molecule has 0 aliphatic carbocycles. The van der Waals surface area contributed by atoms with Gasteiger partial charge in [0.2, 0.25) is 0 Å². The van der Waals surface area contributed by atoms with E-state index in [1.807, 2.05) is 24.3 Å². The Morgan fingerprint density at radius 1 is 1.33 bits per heavy atom. The zero-order chi connectivity index (χ0) is 10.7. The Morgan fingerprint density at radius 2 is 2.07 bits per heavy atom. The molecule has 0 radical (unpaired) electrons. The number of methoxy groups -OCH3 is 1. The summed E-state index contributed by atoms with van der Waals surface area (Å²) < 4.78 is 10.2. The highest BCUT2D eigenvalue weighted by atomic mass is 35.5. The molecule has 2 aromatic rings. The molecule has 0 fully saturated rings. The number of hydrogen-bond acceptors (Lipinski definition) is 3. The smallest absolute Gasteiger partial charge is 0.171 e. The van der Waals surface area contributed by atoms with E-state index in [0.717, 1.165) is 16.9 Å². The summed E-state index contributed by atoms with van der Waals surface area (Å²) in [5, 5.41) is 3.72. The summed E-state index contributed by atoms with van der Waals surface area (Å²) in [6.45, 7) is 0. The lowest BCUT2D eigenvalue weighted by atomic mass is 10.1. The number of alkyl halides is 1. The van der Waals surface area contributed by atoms with Crippen LogP contribution in [0.2, 0.25) is 0 Å². The van der Waals surface area contributed by atoms with E-state index in [2.05, 4.69) is 5.16 Å². The van der Waals surface area contributed by atoms with E-state index in [1.54, 1.807) is 13.3 Å². The maximum absolute atomic E-state index is 5.76. The van der Waals surface area contributed by atoms with E-state index in [-0.39, 0.29) is 0 Å². The Bertz CT molecular complexity index is 436. The van der Waals surface area contributed by atoms with Crippen LogP contribution in [0.3, 0.4) is 0 Å². The van der Waals surface area contributed by atoms with Gasteiger partial charge in [-0.3, -0.25) is 0 Å². The quantitative estimate of drug-likeness (QED) is 0.750. The first-order valence-corrected chi connectivity index (χ1v) is 5.02. The maximum atomic E-state index is 5.76. The lowest BCUT2D eigenvalue weighted by Gasteiger charge is -2.01. The first-order valence-electron chi connectivity index (χ1n) is 4.49. The fraction of sp³-hybridized carbons (Fsp3) is 0.182. The zero-order valence-electron chi connectivity index (χ0n) is 8.24. The molecule has 0 aliphatic heterocycles. The molecule has 1 aromatic carbocycles. The number of nitrogens with zero attached hydrogens (tertiary/aromatic N) is 1. The molecule has 0 N–H and O–H groups in total. The van der Waals surface area contributed by atoms with E-state index in [1.165, 1.54) is 0 Å². The molecule has 0 unspecified atom stereocenters. The Morgan fingerprint density at radius 3 is 2.67 bits per heavy atom. The fourth-order valence-electron chi connectivity index (χ4n) is 1.34. The van der Waals surface area contributed by atoms with Crippen LogP contribution in [0, 0.1) is 0 Å². The molecule has 15 heavy (non-hydrogen) atoms. The van der Waals surface area contributed by atoms with E-state index < -0.39 is 0 Å². The van der Waals surface area contributed by atoms with Crippen LogP contribution in [0.25, 0.3) is 11.3 Å². The molecule has 0 atom stereocenters. The summed E-state index contributed by atoms with van der Waals surface area (Å²) in [5.41, 5.74) is 1.84. The van der Waals surface area contributed by atoms with Gasteiger partial charge in [0.1, 0.15) is 5.75 Å². The Labute approximate surface area is 92.6 Å². The first-order chi connectivity index (χ1) is 7.35. The second-order valence-electron chi connectivity index (χ2n) is 3.04. The molecule has 1 heterocycles. The largest absolute Gasteiger partial charge is 0.497 e. The second kappa shape index (κ2) is 4.36. The average Bonchev–Trinajstić information content (AvgIpc) is 2.77. The molecule has 4 heteroatoms. The van der Waals surface area contributed by atoms with Gasteiger partial charge >= 0.3 is 0 Å². The molecule has 0 spiro atoms. The van der Waals surface area contributed by atoms with Crippen molar-refractivity contribution in [2.75, 3.05) is 7.11 Å². The lowest BCUT2D eigenvalue weighted by molar-refractivity contribution is 0.414.